The smallest absolute Gasteiger partial charge is 0.117 e. The zero-order valence-electron chi connectivity index (χ0n) is 9.33. The Balaban J connectivity index is 1.75. The van der Waals surface area contributed by atoms with E-state index in [4.69, 9.17) is 10.2 Å². The van der Waals surface area contributed by atoms with E-state index in [0.29, 0.717) is 5.92 Å². The maximum Gasteiger partial charge on any atom is 0.117 e. The second kappa shape index (κ2) is 4.81. The lowest BCUT2D eigenvalue weighted by atomic mass is 10.3. The molecule has 0 amide bonds. The van der Waals surface area contributed by atoms with Crippen LogP contribution >= 0.6 is 0 Å². The maximum atomic E-state index is 5.76. The summed E-state index contributed by atoms with van der Waals surface area (Å²) >= 11 is 0. The number of hydrogen-bond acceptors (Lipinski definition) is 3. The third-order valence-electron chi connectivity index (χ3n) is 3.01. The Morgan fingerprint density at radius 2 is 2.33 bits per heavy atom. The molecule has 15 heavy (non-hydrogen) atoms. The molecular formula is C12H20N2O. The van der Waals surface area contributed by atoms with Crippen molar-refractivity contribution in [2.24, 2.45) is 11.7 Å². The van der Waals surface area contributed by atoms with Crippen LogP contribution in [0.1, 0.15) is 37.2 Å². The van der Waals surface area contributed by atoms with Crippen molar-refractivity contribution in [3.63, 3.8) is 0 Å². The fourth-order valence-corrected chi connectivity index (χ4v) is 1.85. The molecule has 1 aliphatic rings. The highest BCUT2D eigenvalue weighted by Crippen LogP contribution is 2.47. The fourth-order valence-electron chi connectivity index (χ4n) is 1.85. The molecule has 3 nitrogen and oxygen atoms in total. The minimum absolute atomic E-state index is 0.683. The Labute approximate surface area is 91.0 Å². The van der Waals surface area contributed by atoms with Gasteiger partial charge in [-0.05, 0) is 44.0 Å². The Morgan fingerprint density at radius 1 is 1.53 bits per heavy atom. The Bertz CT molecular complexity index is 308. The largest absolute Gasteiger partial charge is 0.464 e. The molecule has 0 saturated heterocycles. The van der Waals surface area contributed by atoms with E-state index in [-0.39, 0.29) is 0 Å². The van der Waals surface area contributed by atoms with Gasteiger partial charge in [-0.1, -0.05) is 6.92 Å². The Hall–Kier alpha value is -0.800. The van der Waals surface area contributed by atoms with Crippen molar-refractivity contribution >= 4 is 0 Å². The summed E-state index contributed by atoms with van der Waals surface area (Å²) in [5.74, 6) is 3.70. The van der Waals surface area contributed by atoms with E-state index in [1.54, 1.807) is 0 Å². The van der Waals surface area contributed by atoms with Crippen LogP contribution in [0.2, 0.25) is 0 Å². The summed E-state index contributed by atoms with van der Waals surface area (Å²) in [6.45, 7) is 4.80. The van der Waals surface area contributed by atoms with Crippen molar-refractivity contribution in [1.29, 1.82) is 0 Å². The van der Waals surface area contributed by atoms with Crippen molar-refractivity contribution < 1.29 is 4.42 Å². The first kappa shape index (κ1) is 10.7. The highest BCUT2D eigenvalue weighted by Gasteiger charge is 2.36. The SMILES string of the molecule is CC1CC1c1ccc(CNCCCN)o1. The third kappa shape index (κ3) is 2.83. The summed E-state index contributed by atoms with van der Waals surface area (Å²) in [5.41, 5.74) is 5.41. The van der Waals surface area contributed by atoms with Crippen molar-refractivity contribution in [2.75, 3.05) is 13.1 Å². The van der Waals surface area contributed by atoms with Crippen molar-refractivity contribution in [2.45, 2.75) is 32.2 Å². The molecule has 1 aliphatic carbocycles. The van der Waals surface area contributed by atoms with Gasteiger partial charge in [0.05, 0.1) is 6.54 Å². The van der Waals surface area contributed by atoms with Gasteiger partial charge < -0.3 is 15.5 Å². The van der Waals surface area contributed by atoms with Crippen LogP contribution in [0.4, 0.5) is 0 Å². The zero-order valence-corrected chi connectivity index (χ0v) is 9.33. The lowest BCUT2D eigenvalue weighted by Crippen LogP contribution is -2.17. The molecule has 1 aromatic heterocycles. The summed E-state index contributed by atoms with van der Waals surface area (Å²) in [4.78, 5) is 0. The molecule has 1 aromatic rings. The van der Waals surface area contributed by atoms with Crippen molar-refractivity contribution in [3.05, 3.63) is 23.7 Å². The quantitative estimate of drug-likeness (QED) is 0.701. The van der Waals surface area contributed by atoms with Gasteiger partial charge in [-0.3, -0.25) is 0 Å². The van der Waals surface area contributed by atoms with Gasteiger partial charge >= 0.3 is 0 Å². The highest BCUT2D eigenvalue weighted by atomic mass is 16.3. The number of rotatable bonds is 6. The van der Waals surface area contributed by atoms with Crippen LogP contribution in [0.25, 0.3) is 0 Å². The molecule has 0 spiro atoms. The van der Waals surface area contributed by atoms with E-state index in [9.17, 15) is 0 Å². The molecule has 2 rings (SSSR count). The van der Waals surface area contributed by atoms with Gasteiger partial charge in [-0.2, -0.15) is 0 Å². The minimum atomic E-state index is 0.683. The number of furan rings is 1. The minimum Gasteiger partial charge on any atom is -0.464 e. The average Bonchev–Trinajstić information content (AvgIpc) is 2.80. The fraction of sp³-hybridized carbons (Fsp3) is 0.667. The summed E-state index contributed by atoms with van der Waals surface area (Å²) in [6, 6.07) is 4.20. The molecule has 2 unspecified atom stereocenters. The standard InChI is InChI=1S/C12H20N2O/c1-9-7-11(9)12-4-3-10(15-12)8-14-6-2-5-13/h3-4,9,11,14H,2,5-8,13H2,1H3. The predicted octanol–water partition coefficient (Wildman–Crippen LogP) is 1.84. The van der Waals surface area contributed by atoms with Gasteiger partial charge in [0.2, 0.25) is 0 Å². The van der Waals surface area contributed by atoms with Crippen LogP contribution < -0.4 is 11.1 Å². The molecule has 0 bridgehead atoms. The van der Waals surface area contributed by atoms with Crippen LogP contribution in [0.3, 0.4) is 0 Å². The maximum absolute atomic E-state index is 5.76. The monoisotopic (exact) mass is 208 g/mol. The number of nitrogens with one attached hydrogen (secondary N) is 1. The van der Waals surface area contributed by atoms with E-state index < -0.39 is 0 Å². The van der Waals surface area contributed by atoms with E-state index in [1.165, 1.54) is 6.42 Å². The summed E-state index contributed by atoms with van der Waals surface area (Å²) < 4.78 is 5.76. The molecular weight excluding hydrogens is 188 g/mol. The zero-order chi connectivity index (χ0) is 10.7. The van der Waals surface area contributed by atoms with Crippen LogP contribution in [0, 0.1) is 5.92 Å². The Morgan fingerprint density at radius 3 is 3.00 bits per heavy atom. The number of hydrogen-bond donors (Lipinski definition) is 2. The molecule has 1 fully saturated rings. The van der Waals surface area contributed by atoms with Crippen molar-refractivity contribution in [1.82, 2.24) is 5.32 Å². The molecule has 3 N–H and O–H groups in total. The highest BCUT2D eigenvalue weighted by molar-refractivity contribution is 5.17. The lowest BCUT2D eigenvalue weighted by molar-refractivity contribution is 0.444. The van der Waals surface area contributed by atoms with Gasteiger partial charge in [0.1, 0.15) is 11.5 Å². The molecule has 84 valence electrons. The second-order valence-corrected chi connectivity index (χ2v) is 4.44. The second-order valence-electron chi connectivity index (χ2n) is 4.44. The average molecular weight is 208 g/mol. The summed E-state index contributed by atoms with van der Waals surface area (Å²) in [7, 11) is 0. The Kier molecular flexibility index (Phi) is 3.44. The first-order valence-corrected chi connectivity index (χ1v) is 5.80. The molecule has 3 heteroatoms. The van der Waals surface area contributed by atoms with Crippen LogP contribution in [-0.4, -0.2) is 13.1 Å². The molecule has 0 radical (unpaired) electrons. The molecule has 0 aromatic carbocycles. The predicted molar refractivity (Wildman–Crippen MR) is 60.6 cm³/mol. The van der Waals surface area contributed by atoms with Gasteiger partial charge in [0.25, 0.3) is 0 Å². The molecule has 1 saturated carbocycles. The number of nitrogens with two attached hydrogens (primary N) is 1. The molecule has 0 aliphatic heterocycles. The van der Waals surface area contributed by atoms with Crippen LogP contribution in [0.15, 0.2) is 16.5 Å². The third-order valence-corrected chi connectivity index (χ3v) is 3.01. The van der Waals surface area contributed by atoms with Crippen LogP contribution in [-0.2, 0) is 6.54 Å². The van der Waals surface area contributed by atoms with Crippen molar-refractivity contribution in [3.8, 4) is 0 Å². The first-order chi connectivity index (χ1) is 7.31. The van der Waals surface area contributed by atoms with Gasteiger partial charge in [0.15, 0.2) is 0 Å². The summed E-state index contributed by atoms with van der Waals surface area (Å²) in [6.07, 6.45) is 2.31. The van der Waals surface area contributed by atoms with E-state index in [2.05, 4.69) is 24.4 Å². The lowest BCUT2D eigenvalue weighted by Gasteiger charge is -2.00. The first-order valence-electron chi connectivity index (χ1n) is 5.80. The molecule has 1 heterocycles. The van der Waals surface area contributed by atoms with Gasteiger partial charge in [-0.15, -0.1) is 0 Å². The topological polar surface area (TPSA) is 51.2 Å². The van der Waals surface area contributed by atoms with E-state index in [0.717, 1.165) is 43.5 Å². The van der Waals surface area contributed by atoms with E-state index >= 15 is 0 Å². The normalized spacial score (nSPS) is 24.4. The van der Waals surface area contributed by atoms with E-state index in [1.807, 2.05) is 0 Å². The van der Waals surface area contributed by atoms with Crippen LogP contribution in [0.5, 0.6) is 0 Å². The summed E-state index contributed by atoms with van der Waals surface area (Å²) in [5, 5.41) is 3.31. The van der Waals surface area contributed by atoms with Gasteiger partial charge in [-0.25, -0.2) is 0 Å². The molecule has 2 atom stereocenters. The van der Waals surface area contributed by atoms with Gasteiger partial charge in [0, 0.05) is 5.92 Å².